The van der Waals surface area contributed by atoms with Crippen LogP contribution in [0.2, 0.25) is 0 Å². The molecule has 0 aliphatic heterocycles. The van der Waals surface area contributed by atoms with Gasteiger partial charge >= 0.3 is 0 Å². The minimum absolute atomic E-state index is 0.0253. The molecule has 0 bridgehead atoms. The molecule has 17 heavy (non-hydrogen) atoms. The molecular formula is C14H22N2O. The molecular weight excluding hydrogens is 212 g/mol. The minimum Gasteiger partial charge on any atom is -0.398 e. The fourth-order valence-corrected chi connectivity index (χ4v) is 1.96. The lowest BCUT2D eigenvalue weighted by Crippen LogP contribution is -2.25. The second-order valence-corrected chi connectivity index (χ2v) is 4.31. The van der Waals surface area contributed by atoms with Crippen molar-refractivity contribution in [3.05, 3.63) is 23.8 Å². The molecule has 0 heterocycles. The largest absolute Gasteiger partial charge is 0.398 e. The molecule has 0 saturated heterocycles. The number of Topliss-reactive ketones (excluding diaryl/α,β-unsaturated/α-hetero) is 1. The maximum atomic E-state index is 11.5. The normalized spacial score (nSPS) is 10.3. The van der Waals surface area contributed by atoms with Crippen molar-refractivity contribution < 1.29 is 4.79 Å². The van der Waals surface area contributed by atoms with Crippen LogP contribution in [0.5, 0.6) is 0 Å². The molecule has 1 aromatic carbocycles. The summed E-state index contributed by atoms with van der Waals surface area (Å²) in [6.45, 7) is 7.89. The molecule has 0 aromatic heterocycles. The molecule has 0 amide bonds. The van der Waals surface area contributed by atoms with Crippen LogP contribution in [0.25, 0.3) is 0 Å². The average molecular weight is 234 g/mol. The molecule has 3 nitrogen and oxygen atoms in total. The third-order valence-electron chi connectivity index (χ3n) is 2.77. The molecule has 3 heteroatoms. The van der Waals surface area contributed by atoms with Gasteiger partial charge in [-0.15, -0.1) is 0 Å². The van der Waals surface area contributed by atoms with E-state index in [0.29, 0.717) is 11.3 Å². The van der Waals surface area contributed by atoms with Gasteiger partial charge in [-0.25, -0.2) is 0 Å². The highest BCUT2D eigenvalue weighted by Gasteiger charge is 2.09. The number of nitrogens with zero attached hydrogens (tertiary/aromatic N) is 1. The number of nitrogens with two attached hydrogens (primary N) is 1. The van der Waals surface area contributed by atoms with Crippen molar-refractivity contribution in [2.75, 3.05) is 23.7 Å². The van der Waals surface area contributed by atoms with E-state index in [2.05, 4.69) is 18.7 Å². The molecule has 0 unspecified atom stereocenters. The summed E-state index contributed by atoms with van der Waals surface area (Å²) in [5.41, 5.74) is 8.08. The Labute approximate surface area is 104 Å². The van der Waals surface area contributed by atoms with E-state index in [1.807, 2.05) is 18.2 Å². The predicted molar refractivity (Wildman–Crippen MR) is 73.7 cm³/mol. The molecule has 0 spiro atoms. The summed E-state index contributed by atoms with van der Waals surface area (Å²) < 4.78 is 0. The van der Waals surface area contributed by atoms with Gasteiger partial charge in [-0.3, -0.25) is 4.79 Å². The number of anilines is 2. The van der Waals surface area contributed by atoms with Gasteiger partial charge in [0.25, 0.3) is 0 Å². The Bertz CT molecular complexity index is 382. The fraction of sp³-hybridized carbons (Fsp3) is 0.500. The molecule has 0 aliphatic rings. The maximum absolute atomic E-state index is 11.5. The summed E-state index contributed by atoms with van der Waals surface area (Å²) >= 11 is 0. The van der Waals surface area contributed by atoms with Crippen LogP contribution in [0.1, 0.15) is 44.0 Å². The van der Waals surface area contributed by atoms with E-state index in [4.69, 9.17) is 5.73 Å². The van der Waals surface area contributed by atoms with Gasteiger partial charge in [0, 0.05) is 30.0 Å². The molecule has 1 rings (SSSR count). The monoisotopic (exact) mass is 234 g/mol. The van der Waals surface area contributed by atoms with Gasteiger partial charge in [0.1, 0.15) is 0 Å². The molecule has 0 aliphatic carbocycles. The van der Waals surface area contributed by atoms with Gasteiger partial charge in [0.05, 0.1) is 0 Å². The SMILES string of the molecule is CCCN(CCC)c1ccc(N)c(C(C)=O)c1. The van der Waals surface area contributed by atoms with Gasteiger partial charge in [-0.1, -0.05) is 13.8 Å². The first-order valence-corrected chi connectivity index (χ1v) is 6.25. The second-order valence-electron chi connectivity index (χ2n) is 4.31. The highest BCUT2D eigenvalue weighted by atomic mass is 16.1. The van der Waals surface area contributed by atoms with Crippen LogP contribution >= 0.6 is 0 Å². The molecule has 1 aromatic rings. The van der Waals surface area contributed by atoms with E-state index in [1.54, 1.807) is 6.92 Å². The summed E-state index contributed by atoms with van der Waals surface area (Å²) in [6, 6.07) is 5.72. The molecule has 94 valence electrons. The topological polar surface area (TPSA) is 46.3 Å². The van der Waals surface area contributed by atoms with Crippen LogP contribution in [0, 0.1) is 0 Å². The smallest absolute Gasteiger partial charge is 0.161 e. The van der Waals surface area contributed by atoms with E-state index in [-0.39, 0.29) is 5.78 Å². The lowest BCUT2D eigenvalue weighted by Gasteiger charge is -2.24. The lowest BCUT2D eigenvalue weighted by molar-refractivity contribution is 0.101. The summed E-state index contributed by atoms with van der Waals surface area (Å²) in [5.74, 6) is 0.0253. The zero-order valence-corrected chi connectivity index (χ0v) is 11.0. The summed E-state index contributed by atoms with van der Waals surface area (Å²) in [6.07, 6.45) is 2.19. The molecule has 0 fully saturated rings. The predicted octanol–water partition coefficient (Wildman–Crippen LogP) is 3.10. The van der Waals surface area contributed by atoms with Crippen molar-refractivity contribution in [3.63, 3.8) is 0 Å². The molecule has 0 radical (unpaired) electrons. The number of carbonyl (C=O) groups excluding carboxylic acids is 1. The zero-order chi connectivity index (χ0) is 12.8. The van der Waals surface area contributed by atoms with Crippen LogP contribution in [-0.2, 0) is 0 Å². The Balaban J connectivity index is 3.03. The van der Waals surface area contributed by atoms with E-state index in [9.17, 15) is 4.79 Å². The van der Waals surface area contributed by atoms with E-state index in [1.165, 1.54) is 0 Å². The number of carbonyl (C=O) groups is 1. The van der Waals surface area contributed by atoms with E-state index >= 15 is 0 Å². The van der Waals surface area contributed by atoms with Crippen molar-refractivity contribution in [1.29, 1.82) is 0 Å². The van der Waals surface area contributed by atoms with Crippen LogP contribution < -0.4 is 10.6 Å². The molecule has 2 N–H and O–H groups in total. The number of hydrogen-bond donors (Lipinski definition) is 1. The van der Waals surface area contributed by atoms with Gasteiger partial charge in [0.15, 0.2) is 5.78 Å². The van der Waals surface area contributed by atoms with Crippen molar-refractivity contribution >= 4 is 17.2 Å². The third kappa shape index (κ3) is 3.48. The third-order valence-corrected chi connectivity index (χ3v) is 2.77. The maximum Gasteiger partial charge on any atom is 0.161 e. The molecule has 0 atom stereocenters. The Hall–Kier alpha value is -1.51. The Morgan fingerprint density at radius 3 is 2.29 bits per heavy atom. The Kier molecular flexibility index (Phi) is 5.01. The Morgan fingerprint density at radius 1 is 1.24 bits per heavy atom. The first-order valence-electron chi connectivity index (χ1n) is 6.25. The summed E-state index contributed by atoms with van der Waals surface area (Å²) in [7, 11) is 0. The van der Waals surface area contributed by atoms with Crippen molar-refractivity contribution in [1.82, 2.24) is 0 Å². The standard InChI is InChI=1S/C14H22N2O/c1-4-8-16(9-5-2)12-6-7-14(15)13(10-12)11(3)17/h6-7,10H,4-5,8-9,15H2,1-3H3. The van der Waals surface area contributed by atoms with Crippen LogP contribution in [-0.4, -0.2) is 18.9 Å². The lowest BCUT2D eigenvalue weighted by atomic mass is 10.1. The van der Waals surface area contributed by atoms with Crippen molar-refractivity contribution in [2.45, 2.75) is 33.6 Å². The quantitative estimate of drug-likeness (QED) is 0.607. The number of hydrogen-bond acceptors (Lipinski definition) is 3. The highest BCUT2D eigenvalue weighted by Crippen LogP contribution is 2.22. The first-order chi connectivity index (χ1) is 8.10. The second kappa shape index (κ2) is 6.28. The Morgan fingerprint density at radius 2 is 1.82 bits per heavy atom. The molecule has 0 saturated carbocycles. The van der Waals surface area contributed by atoms with Gasteiger partial charge in [-0.05, 0) is 38.0 Å². The van der Waals surface area contributed by atoms with Crippen molar-refractivity contribution in [3.8, 4) is 0 Å². The minimum atomic E-state index is 0.0253. The zero-order valence-electron chi connectivity index (χ0n) is 11.0. The number of benzene rings is 1. The average Bonchev–Trinajstić information content (AvgIpc) is 2.29. The van der Waals surface area contributed by atoms with Gasteiger partial charge in [0.2, 0.25) is 0 Å². The fourth-order valence-electron chi connectivity index (χ4n) is 1.96. The van der Waals surface area contributed by atoms with Crippen LogP contribution in [0.4, 0.5) is 11.4 Å². The summed E-state index contributed by atoms with van der Waals surface area (Å²) in [5, 5.41) is 0. The number of rotatable bonds is 6. The van der Waals surface area contributed by atoms with Gasteiger partial charge in [-0.2, -0.15) is 0 Å². The van der Waals surface area contributed by atoms with E-state index in [0.717, 1.165) is 31.6 Å². The first kappa shape index (κ1) is 13.6. The number of nitrogen functional groups attached to an aromatic ring is 1. The van der Waals surface area contributed by atoms with Crippen LogP contribution in [0.15, 0.2) is 18.2 Å². The summed E-state index contributed by atoms with van der Waals surface area (Å²) in [4.78, 5) is 13.8. The van der Waals surface area contributed by atoms with Crippen LogP contribution in [0.3, 0.4) is 0 Å². The van der Waals surface area contributed by atoms with Gasteiger partial charge < -0.3 is 10.6 Å². The van der Waals surface area contributed by atoms with E-state index < -0.39 is 0 Å². The van der Waals surface area contributed by atoms with Crippen molar-refractivity contribution in [2.24, 2.45) is 0 Å². The highest BCUT2D eigenvalue weighted by molar-refractivity contribution is 6.00. The number of ketones is 1.